The van der Waals surface area contributed by atoms with Crippen LogP contribution in [0.25, 0.3) is 0 Å². The van der Waals surface area contributed by atoms with Crippen molar-refractivity contribution in [2.45, 2.75) is 45.4 Å². The molecule has 0 aliphatic heterocycles. The molecule has 0 saturated carbocycles. The van der Waals surface area contributed by atoms with E-state index < -0.39 is 0 Å². The van der Waals surface area contributed by atoms with Gasteiger partial charge in [-0.15, -0.1) is 0 Å². The molecule has 0 fully saturated rings. The van der Waals surface area contributed by atoms with Crippen LogP contribution in [0.5, 0.6) is 0 Å². The zero-order chi connectivity index (χ0) is 9.78. The predicted octanol–water partition coefficient (Wildman–Crippen LogP) is 3.73. The number of thioether (sulfide) groups is 1. The molecular weight excluding hydrogens is 180 g/mol. The Balaban J connectivity index is 2.76. The molecule has 0 heterocycles. The summed E-state index contributed by atoms with van der Waals surface area (Å²) in [4.78, 5) is 0. The van der Waals surface area contributed by atoms with Crippen molar-refractivity contribution in [2.75, 3.05) is 25.2 Å². The summed E-state index contributed by atoms with van der Waals surface area (Å²) in [5, 5.41) is 0. The van der Waals surface area contributed by atoms with Gasteiger partial charge in [0.05, 0.1) is 6.61 Å². The minimum atomic E-state index is 0.927. The van der Waals surface area contributed by atoms with Crippen LogP contribution in [0.1, 0.15) is 45.4 Å². The van der Waals surface area contributed by atoms with Gasteiger partial charge in [-0.05, 0) is 12.7 Å². The minimum absolute atomic E-state index is 0.927. The van der Waals surface area contributed by atoms with Crippen molar-refractivity contribution in [2.24, 2.45) is 0 Å². The summed E-state index contributed by atoms with van der Waals surface area (Å²) >= 11 is 1.85. The maximum absolute atomic E-state index is 5.46. The van der Waals surface area contributed by atoms with Gasteiger partial charge in [-0.25, -0.2) is 0 Å². The molecule has 0 radical (unpaired) electrons. The van der Waals surface area contributed by atoms with Crippen molar-refractivity contribution < 1.29 is 4.74 Å². The molecule has 0 aliphatic carbocycles. The molecule has 0 rings (SSSR count). The summed E-state index contributed by atoms with van der Waals surface area (Å²) < 4.78 is 5.46. The molecule has 0 N–H and O–H groups in total. The first kappa shape index (κ1) is 13.3. The van der Waals surface area contributed by atoms with Gasteiger partial charge in [0.1, 0.15) is 0 Å². The molecule has 0 spiro atoms. The minimum Gasteiger partial charge on any atom is -0.381 e. The Morgan fingerprint density at radius 1 is 0.923 bits per heavy atom. The Hall–Kier alpha value is 0.310. The first-order valence-corrected chi connectivity index (χ1v) is 6.88. The average Bonchev–Trinajstić information content (AvgIpc) is 2.16. The Kier molecular flexibility index (Phi) is 12.6. The van der Waals surface area contributed by atoms with Crippen LogP contribution in [0.4, 0.5) is 0 Å². The molecule has 0 unspecified atom stereocenters. The first-order chi connectivity index (χ1) is 6.41. The molecule has 0 aromatic rings. The van der Waals surface area contributed by atoms with Crippen LogP contribution in [0.3, 0.4) is 0 Å². The average molecular weight is 204 g/mol. The van der Waals surface area contributed by atoms with Gasteiger partial charge >= 0.3 is 0 Å². The Morgan fingerprint density at radius 3 is 2.31 bits per heavy atom. The molecule has 80 valence electrons. The van der Waals surface area contributed by atoms with Crippen LogP contribution >= 0.6 is 11.8 Å². The summed E-state index contributed by atoms with van der Waals surface area (Å²) in [5.74, 6) is 1.13. The van der Waals surface area contributed by atoms with Crippen LogP contribution in [-0.2, 0) is 4.74 Å². The van der Waals surface area contributed by atoms with Gasteiger partial charge in [0.2, 0.25) is 0 Å². The first-order valence-electron chi connectivity index (χ1n) is 5.48. The molecule has 13 heavy (non-hydrogen) atoms. The predicted molar refractivity (Wildman–Crippen MR) is 62.6 cm³/mol. The summed E-state index contributed by atoms with van der Waals surface area (Å²) in [6.45, 7) is 4.15. The maximum Gasteiger partial charge on any atom is 0.0556 e. The van der Waals surface area contributed by atoms with Crippen LogP contribution in [0.2, 0.25) is 0 Å². The Labute approximate surface area is 87.6 Å². The van der Waals surface area contributed by atoms with E-state index in [0.29, 0.717) is 0 Å². The van der Waals surface area contributed by atoms with E-state index in [1.165, 1.54) is 38.5 Å². The smallest absolute Gasteiger partial charge is 0.0556 e. The fourth-order valence-corrected chi connectivity index (χ4v) is 1.51. The fraction of sp³-hybridized carbons (Fsp3) is 1.00. The fourth-order valence-electron chi connectivity index (χ4n) is 1.23. The number of unbranched alkanes of at least 4 members (excludes halogenated alkanes) is 5. The van der Waals surface area contributed by atoms with E-state index in [1.54, 1.807) is 0 Å². The third-order valence-corrected chi connectivity index (χ3v) is 2.65. The van der Waals surface area contributed by atoms with Gasteiger partial charge in [0.25, 0.3) is 0 Å². The molecular formula is C11H24OS. The van der Waals surface area contributed by atoms with Crippen molar-refractivity contribution >= 4 is 11.8 Å². The zero-order valence-corrected chi connectivity index (χ0v) is 10.00. The Morgan fingerprint density at radius 2 is 1.62 bits per heavy atom. The molecule has 1 nitrogen and oxygen atoms in total. The van der Waals surface area contributed by atoms with E-state index in [1.807, 2.05) is 11.8 Å². The quantitative estimate of drug-likeness (QED) is 0.502. The standard InChI is InChI=1S/C11H24OS/c1-3-4-5-6-7-8-9-12-10-11-13-2/h3-11H2,1-2H3. The third kappa shape index (κ3) is 12.3. The number of hydrogen-bond donors (Lipinski definition) is 0. The normalized spacial score (nSPS) is 10.6. The lowest BCUT2D eigenvalue weighted by Crippen LogP contribution is -1.98. The van der Waals surface area contributed by atoms with Crippen molar-refractivity contribution in [1.82, 2.24) is 0 Å². The van der Waals surface area contributed by atoms with Crippen molar-refractivity contribution in [1.29, 1.82) is 0 Å². The van der Waals surface area contributed by atoms with E-state index in [-0.39, 0.29) is 0 Å². The highest BCUT2D eigenvalue weighted by molar-refractivity contribution is 7.98. The molecule has 2 heteroatoms. The summed E-state index contributed by atoms with van der Waals surface area (Å²) in [5.41, 5.74) is 0. The molecule has 0 amide bonds. The molecule has 0 bridgehead atoms. The van der Waals surface area contributed by atoms with E-state index in [2.05, 4.69) is 13.2 Å². The van der Waals surface area contributed by atoms with Gasteiger partial charge < -0.3 is 4.74 Å². The van der Waals surface area contributed by atoms with Crippen LogP contribution in [-0.4, -0.2) is 25.2 Å². The molecule has 0 aromatic carbocycles. The molecule has 0 atom stereocenters. The van der Waals surface area contributed by atoms with Gasteiger partial charge in [-0.2, -0.15) is 11.8 Å². The number of hydrogen-bond acceptors (Lipinski definition) is 2. The van der Waals surface area contributed by atoms with Crippen LogP contribution < -0.4 is 0 Å². The lowest BCUT2D eigenvalue weighted by atomic mass is 10.1. The van der Waals surface area contributed by atoms with E-state index in [9.17, 15) is 0 Å². The molecule has 0 aliphatic rings. The highest BCUT2D eigenvalue weighted by atomic mass is 32.2. The second-order valence-electron chi connectivity index (χ2n) is 3.37. The second kappa shape index (κ2) is 12.3. The van der Waals surface area contributed by atoms with Gasteiger partial charge in [0.15, 0.2) is 0 Å². The van der Waals surface area contributed by atoms with Crippen molar-refractivity contribution in [3.63, 3.8) is 0 Å². The topological polar surface area (TPSA) is 9.23 Å². The summed E-state index contributed by atoms with van der Waals surface area (Å²) in [7, 11) is 0. The van der Waals surface area contributed by atoms with Crippen LogP contribution in [0.15, 0.2) is 0 Å². The van der Waals surface area contributed by atoms with E-state index >= 15 is 0 Å². The maximum atomic E-state index is 5.46. The SMILES string of the molecule is CCCCCCCCOCCSC. The summed E-state index contributed by atoms with van der Waals surface area (Å²) in [6.07, 6.45) is 10.2. The largest absolute Gasteiger partial charge is 0.381 e. The molecule has 0 aromatic heterocycles. The van der Waals surface area contributed by atoms with E-state index in [0.717, 1.165) is 19.0 Å². The second-order valence-corrected chi connectivity index (χ2v) is 4.36. The Bertz CT molecular complexity index is 76.2. The van der Waals surface area contributed by atoms with Crippen molar-refractivity contribution in [3.05, 3.63) is 0 Å². The van der Waals surface area contributed by atoms with E-state index in [4.69, 9.17) is 4.74 Å². The number of rotatable bonds is 10. The lowest BCUT2D eigenvalue weighted by Gasteiger charge is -2.02. The van der Waals surface area contributed by atoms with Gasteiger partial charge in [-0.1, -0.05) is 39.0 Å². The number of ether oxygens (including phenoxy) is 1. The summed E-state index contributed by atoms with van der Waals surface area (Å²) in [6, 6.07) is 0. The van der Waals surface area contributed by atoms with Crippen molar-refractivity contribution in [3.8, 4) is 0 Å². The lowest BCUT2D eigenvalue weighted by molar-refractivity contribution is 0.145. The van der Waals surface area contributed by atoms with Gasteiger partial charge in [0, 0.05) is 12.4 Å². The van der Waals surface area contributed by atoms with Crippen LogP contribution in [0, 0.1) is 0 Å². The zero-order valence-electron chi connectivity index (χ0n) is 9.18. The monoisotopic (exact) mass is 204 g/mol. The highest BCUT2D eigenvalue weighted by Crippen LogP contribution is 2.04. The highest BCUT2D eigenvalue weighted by Gasteiger charge is 1.90. The molecule has 0 saturated heterocycles. The third-order valence-electron chi connectivity index (χ3n) is 2.07. The van der Waals surface area contributed by atoms with Gasteiger partial charge in [-0.3, -0.25) is 0 Å².